The molecule has 1 aromatic heterocycles. The molecule has 8 heteroatoms. The van der Waals surface area contributed by atoms with Gasteiger partial charge in [-0.05, 0) is 66.8 Å². The molecular weight excluding hydrogens is 419 g/mol. The number of rotatable bonds is 7. The lowest BCUT2D eigenvalue weighted by Crippen LogP contribution is -2.22. The number of aromatic nitrogens is 1. The van der Waals surface area contributed by atoms with Gasteiger partial charge in [0.15, 0.2) is 0 Å². The molecule has 1 atom stereocenters. The van der Waals surface area contributed by atoms with Crippen LogP contribution >= 0.6 is 0 Å². The van der Waals surface area contributed by atoms with Crippen LogP contribution in [0.5, 0.6) is 11.6 Å². The third kappa shape index (κ3) is 5.08. The van der Waals surface area contributed by atoms with Gasteiger partial charge in [-0.3, -0.25) is 4.79 Å². The van der Waals surface area contributed by atoms with Crippen LogP contribution in [0.3, 0.4) is 0 Å². The topological polar surface area (TPSA) is 77.2 Å². The fraction of sp³-hybridized carbons (Fsp3) is 0.250. The Morgan fingerprint density at radius 3 is 2.72 bits per heavy atom. The van der Waals surface area contributed by atoms with E-state index in [0.717, 1.165) is 24.5 Å². The zero-order valence-electron chi connectivity index (χ0n) is 17.2. The standard InChI is InChI=1S/C24H22F3N3O2/c25-24(26,27)18-3-1-2-15(12-18)10-11-29-21-8-4-16-13-19(6-7-20(16)21)32-22-9-5-17(14-30-22)23(28)31/h1-3,5-7,9,12-14,21,29H,4,8,10-11H2,(H2,28,31). The second-order valence-corrected chi connectivity index (χ2v) is 7.71. The Hall–Kier alpha value is -3.39. The van der Waals surface area contributed by atoms with Crippen molar-refractivity contribution in [3.05, 3.63) is 88.6 Å². The third-order valence-corrected chi connectivity index (χ3v) is 5.49. The number of carbonyl (C=O) groups is 1. The summed E-state index contributed by atoms with van der Waals surface area (Å²) in [5, 5.41) is 3.45. The van der Waals surface area contributed by atoms with Crippen LogP contribution in [0, 0.1) is 0 Å². The fourth-order valence-corrected chi connectivity index (χ4v) is 3.87. The average molecular weight is 441 g/mol. The summed E-state index contributed by atoms with van der Waals surface area (Å²) in [5.41, 5.74) is 7.89. The van der Waals surface area contributed by atoms with E-state index in [0.29, 0.717) is 35.7 Å². The Balaban J connectivity index is 1.35. The van der Waals surface area contributed by atoms with Crippen LogP contribution in [-0.4, -0.2) is 17.4 Å². The number of pyridine rings is 1. The van der Waals surface area contributed by atoms with Crippen molar-refractivity contribution in [3.63, 3.8) is 0 Å². The first-order valence-electron chi connectivity index (χ1n) is 10.3. The number of fused-ring (bicyclic) bond motifs is 1. The predicted molar refractivity (Wildman–Crippen MR) is 113 cm³/mol. The molecule has 2 aromatic carbocycles. The zero-order valence-corrected chi connectivity index (χ0v) is 17.2. The molecule has 0 spiro atoms. The molecule has 166 valence electrons. The Morgan fingerprint density at radius 1 is 1.16 bits per heavy atom. The number of ether oxygens (including phenoxy) is 1. The minimum atomic E-state index is -4.33. The minimum Gasteiger partial charge on any atom is -0.439 e. The van der Waals surface area contributed by atoms with Crippen LogP contribution < -0.4 is 15.8 Å². The zero-order chi connectivity index (χ0) is 22.7. The molecule has 32 heavy (non-hydrogen) atoms. The summed E-state index contributed by atoms with van der Waals surface area (Å²) in [7, 11) is 0. The summed E-state index contributed by atoms with van der Waals surface area (Å²) in [4.78, 5) is 15.2. The minimum absolute atomic E-state index is 0.151. The fourth-order valence-electron chi connectivity index (χ4n) is 3.87. The van der Waals surface area contributed by atoms with E-state index < -0.39 is 17.6 Å². The molecule has 1 unspecified atom stereocenters. The first-order chi connectivity index (χ1) is 15.3. The molecule has 0 fully saturated rings. The van der Waals surface area contributed by atoms with Gasteiger partial charge in [-0.2, -0.15) is 13.2 Å². The van der Waals surface area contributed by atoms with Crippen molar-refractivity contribution >= 4 is 5.91 Å². The average Bonchev–Trinajstić information content (AvgIpc) is 3.16. The number of halogens is 3. The van der Waals surface area contributed by atoms with Crippen LogP contribution in [-0.2, 0) is 19.0 Å². The maximum atomic E-state index is 12.9. The van der Waals surface area contributed by atoms with Gasteiger partial charge in [0.2, 0.25) is 11.8 Å². The van der Waals surface area contributed by atoms with Gasteiger partial charge in [-0.1, -0.05) is 24.3 Å². The van der Waals surface area contributed by atoms with E-state index >= 15 is 0 Å². The van der Waals surface area contributed by atoms with Gasteiger partial charge in [0, 0.05) is 18.3 Å². The summed E-state index contributed by atoms with van der Waals surface area (Å²) >= 11 is 0. The number of primary amides is 1. The number of hydrogen-bond donors (Lipinski definition) is 2. The third-order valence-electron chi connectivity index (χ3n) is 5.49. The van der Waals surface area contributed by atoms with Gasteiger partial charge >= 0.3 is 6.18 Å². The number of hydrogen-bond acceptors (Lipinski definition) is 4. The van der Waals surface area contributed by atoms with Crippen molar-refractivity contribution in [3.8, 4) is 11.6 Å². The molecule has 1 amide bonds. The van der Waals surface area contributed by atoms with E-state index in [2.05, 4.69) is 10.3 Å². The first kappa shape index (κ1) is 21.8. The molecule has 1 aliphatic rings. The molecule has 0 aliphatic heterocycles. The van der Waals surface area contributed by atoms with Gasteiger partial charge in [0.1, 0.15) is 5.75 Å². The predicted octanol–water partition coefficient (Wildman–Crippen LogP) is 4.81. The highest BCUT2D eigenvalue weighted by molar-refractivity contribution is 5.92. The second kappa shape index (κ2) is 9.00. The van der Waals surface area contributed by atoms with Gasteiger partial charge in [0.25, 0.3) is 0 Å². The molecule has 0 saturated carbocycles. The largest absolute Gasteiger partial charge is 0.439 e. The van der Waals surface area contributed by atoms with E-state index in [1.807, 2.05) is 18.2 Å². The van der Waals surface area contributed by atoms with Gasteiger partial charge in [0.05, 0.1) is 11.1 Å². The molecule has 0 saturated heterocycles. The number of amides is 1. The highest BCUT2D eigenvalue weighted by Gasteiger charge is 2.30. The number of carbonyl (C=O) groups excluding carboxylic acids is 1. The van der Waals surface area contributed by atoms with Crippen LogP contribution in [0.4, 0.5) is 13.2 Å². The second-order valence-electron chi connectivity index (χ2n) is 7.71. The molecule has 4 rings (SSSR count). The molecule has 3 aromatic rings. The highest BCUT2D eigenvalue weighted by Crippen LogP contribution is 2.35. The smallest absolute Gasteiger partial charge is 0.416 e. The molecule has 3 N–H and O–H groups in total. The summed E-state index contributed by atoms with van der Waals surface area (Å²) < 4.78 is 44.4. The lowest BCUT2D eigenvalue weighted by Gasteiger charge is -2.15. The van der Waals surface area contributed by atoms with Crippen molar-refractivity contribution in [2.45, 2.75) is 31.5 Å². The molecule has 0 radical (unpaired) electrons. The molecular formula is C24H22F3N3O2. The lowest BCUT2D eigenvalue weighted by molar-refractivity contribution is -0.137. The Bertz CT molecular complexity index is 1110. The quantitative estimate of drug-likeness (QED) is 0.552. The van der Waals surface area contributed by atoms with Crippen LogP contribution in [0.2, 0.25) is 0 Å². The van der Waals surface area contributed by atoms with E-state index in [4.69, 9.17) is 10.5 Å². The van der Waals surface area contributed by atoms with E-state index in [1.165, 1.54) is 23.9 Å². The van der Waals surface area contributed by atoms with Crippen molar-refractivity contribution in [1.29, 1.82) is 0 Å². The SMILES string of the molecule is NC(=O)c1ccc(Oc2ccc3c(c2)CCC3NCCc2cccc(C(F)(F)F)c2)nc1. The van der Waals surface area contributed by atoms with E-state index in [1.54, 1.807) is 18.2 Å². The van der Waals surface area contributed by atoms with E-state index in [9.17, 15) is 18.0 Å². The Morgan fingerprint density at radius 2 is 2.00 bits per heavy atom. The number of nitrogens with one attached hydrogen (secondary N) is 1. The Labute approximate surface area is 183 Å². The monoisotopic (exact) mass is 441 g/mol. The van der Waals surface area contributed by atoms with Gasteiger partial charge in [-0.25, -0.2) is 4.98 Å². The van der Waals surface area contributed by atoms with Crippen molar-refractivity contribution in [2.75, 3.05) is 6.54 Å². The number of aryl methyl sites for hydroxylation is 1. The van der Waals surface area contributed by atoms with Crippen LogP contribution in [0.25, 0.3) is 0 Å². The summed E-state index contributed by atoms with van der Waals surface area (Å²) in [6.07, 6.45) is -0.652. The molecule has 1 aliphatic carbocycles. The van der Waals surface area contributed by atoms with Gasteiger partial charge in [-0.15, -0.1) is 0 Å². The number of alkyl halides is 3. The molecule has 0 bridgehead atoms. The van der Waals surface area contributed by atoms with Crippen molar-refractivity contribution < 1.29 is 22.7 Å². The number of nitrogens with zero attached hydrogens (tertiary/aromatic N) is 1. The Kier molecular flexibility index (Phi) is 6.14. The summed E-state index contributed by atoms with van der Waals surface area (Å²) in [6, 6.07) is 14.6. The number of benzene rings is 2. The summed E-state index contributed by atoms with van der Waals surface area (Å²) in [5.74, 6) is 0.463. The van der Waals surface area contributed by atoms with Crippen molar-refractivity contribution in [2.24, 2.45) is 5.73 Å². The lowest BCUT2D eigenvalue weighted by atomic mass is 10.1. The van der Waals surface area contributed by atoms with E-state index in [-0.39, 0.29) is 6.04 Å². The van der Waals surface area contributed by atoms with Crippen molar-refractivity contribution in [1.82, 2.24) is 10.3 Å². The molecule has 5 nitrogen and oxygen atoms in total. The maximum Gasteiger partial charge on any atom is 0.416 e. The van der Waals surface area contributed by atoms with Crippen LogP contribution in [0.15, 0.2) is 60.8 Å². The van der Waals surface area contributed by atoms with Gasteiger partial charge < -0.3 is 15.8 Å². The maximum absolute atomic E-state index is 12.9. The number of nitrogens with two attached hydrogens (primary N) is 1. The highest BCUT2D eigenvalue weighted by atomic mass is 19.4. The van der Waals surface area contributed by atoms with Crippen LogP contribution in [0.1, 0.15) is 45.1 Å². The molecule has 1 heterocycles. The normalized spacial score (nSPS) is 15.4. The summed E-state index contributed by atoms with van der Waals surface area (Å²) in [6.45, 7) is 0.583. The first-order valence-corrected chi connectivity index (χ1v) is 10.3.